The fourth-order valence-corrected chi connectivity index (χ4v) is 2.89. The van der Waals surface area contributed by atoms with E-state index in [0.29, 0.717) is 10.6 Å². The Bertz CT molecular complexity index is 712. The predicted molar refractivity (Wildman–Crippen MR) is 81.8 cm³/mol. The number of amides is 2. The number of nitrogens with one attached hydrogen (secondary N) is 2. The summed E-state index contributed by atoms with van der Waals surface area (Å²) in [6.07, 6.45) is 0. The number of carbonyl (C=O) groups is 2. The zero-order valence-corrected chi connectivity index (χ0v) is 12.9. The molecule has 3 N–H and O–H groups in total. The molecule has 0 aliphatic carbocycles. The van der Waals surface area contributed by atoms with Crippen LogP contribution in [-0.2, 0) is 0 Å². The second-order valence-electron chi connectivity index (χ2n) is 4.40. The number of phenols is 1. The van der Waals surface area contributed by atoms with Gasteiger partial charge < -0.3 is 5.11 Å². The van der Waals surface area contributed by atoms with Crippen molar-refractivity contribution >= 4 is 34.8 Å². The Labute approximate surface area is 130 Å². The number of hydrogen-bond acceptors (Lipinski definition) is 4. The van der Waals surface area contributed by atoms with Crippen LogP contribution in [-0.4, -0.2) is 16.9 Å². The Morgan fingerprint density at radius 1 is 1.10 bits per heavy atom. The summed E-state index contributed by atoms with van der Waals surface area (Å²) >= 11 is 7.27. The van der Waals surface area contributed by atoms with Crippen molar-refractivity contribution in [1.29, 1.82) is 0 Å². The molecule has 0 radical (unpaired) electrons. The van der Waals surface area contributed by atoms with Gasteiger partial charge in [-0.1, -0.05) is 11.6 Å². The molecule has 0 aliphatic rings. The largest absolute Gasteiger partial charge is 0.507 e. The van der Waals surface area contributed by atoms with Crippen LogP contribution in [0.25, 0.3) is 0 Å². The molecule has 1 heterocycles. The van der Waals surface area contributed by atoms with Crippen LogP contribution in [0.3, 0.4) is 0 Å². The molecule has 5 nitrogen and oxygen atoms in total. The molecule has 0 aliphatic heterocycles. The lowest BCUT2D eigenvalue weighted by Gasteiger charge is -2.08. The van der Waals surface area contributed by atoms with Crippen LogP contribution < -0.4 is 10.9 Å². The molecule has 110 valence electrons. The van der Waals surface area contributed by atoms with Crippen LogP contribution in [0, 0.1) is 13.8 Å². The van der Waals surface area contributed by atoms with Crippen molar-refractivity contribution in [3.8, 4) is 5.75 Å². The number of benzene rings is 1. The molecule has 0 atom stereocenters. The smallest absolute Gasteiger partial charge is 0.273 e. The van der Waals surface area contributed by atoms with E-state index in [1.54, 1.807) is 6.07 Å². The molecule has 0 unspecified atom stereocenters. The molecule has 2 aromatic rings. The summed E-state index contributed by atoms with van der Waals surface area (Å²) in [7, 11) is 0. The molecular formula is C14H13ClN2O3S. The topological polar surface area (TPSA) is 78.4 Å². The van der Waals surface area contributed by atoms with Crippen LogP contribution in [0.4, 0.5) is 0 Å². The summed E-state index contributed by atoms with van der Waals surface area (Å²) < 4.78 is 0. The van der Waals surface area contributed by atoms with Crippen molar-refractivity contribution in [1.82, 2.24) is 10.9 Å². The van der Waals surface area contributed by atoms with Gasteiger partial charge in [0.2, 0.25) is 0 Å². The van der Waals surface area contributed by atoms with Crippen molar-refractivity contribution in [3.05, 3.63) is 50.2 Å². The number of aromatic hydroxyl groups is 1. The maximum Gasteiger partial charge on any atom is 0.273 e. The van der Waals surface area contributed by atoms with E-state index in [0.717, 1.165) is 9.75 Å². The van der Waals surface area contributed by atoms with Gasteiger partial charge in [0, 0.05) is 14.8 Å². The number of hydrazine groups is 1. The fourth-order valence-electron chi connectivity index (χ4n) is 1.79. The number of thiophene rings is 1. The van der Waals surface area contributed by atoms with E-state index in [4.69, 9.17) is 11.6 Å². The molecule has 21 heavy (non-hydrogen) atoms. The molecule has 0 spiro atoms. The van der Waals surface area contributed by atoms with E-state index < -0.39 is 11.8 Å². The SMILES string of the molecule is Cc1cc(C(=O)NNC(=O)c2cc(Cl)ccc2O)c(C)s1. The summed E-state index contributed by atoms with van der Waals surface area (Å²) in [6, 6.07) is 5.84. The first-order chi connectivity index (χ1) is 9.88. The highest BCUT2D eigenvalue weighted by atomic mass is 35.5. The third kappa shape index (κ3) is 3.53. The predicted octanol–water partition coefficient (Wildman–Crippen LogP) is 2.80. The molecule has 0 saturated carbocycles. The first-order valence-corrected chi connectivity index (χ1v) is 7.24. The summed E-state index contributed by atoms with van der Waals surface area (Å²) in [5.41, 5.74) is 5.06. The maximum absolute atomic E-state index is 12.0. The summed E-state index contributed by atoms with van der Waals surface area (Å²) in [4.78, 5) is 25.7. The Morgan fingerprint density at radius 2 is 1.71 bits per heavy atom. The van der Waals surface area contributed by atoms with E-state index >= 15 is 0 Å². The van der Waals surface area contributed by atoms with Crippen LogP contribution >= 0.6 is 22.9 Å². The minimum absolute atomic E-state index is 0.0129. The second-order valence-corrected chi connectivity index (χ2v) is 6.29. The van der Waals surface area contributed by atoms with Gasteiger partial charge >= 0.3 is 0 Å². The Kier molecular flexibility index (Phi) is 4.50. The van der Waals surface area contributed by atoms with E-state index in [2.05, 4.69) is 10.9 Å². The van der Waals surface area contributed by atoms with Crippen molar-refractivity contribution in [2.75, 3.05) is 0 Å². The Morgan fingerprint density at radius 3 is 2.29 bits per heavy atom. The van der Waals surface area contributed by atoms with Crippen LogP contribution in [0.5, 0.6) is 5.75 Å². The monoisotopic (exact) mass is 324 g/mol. The first kappa shape index (κ1) is 15.3. The van der Waals surface area contributed by atoms with Gasteiger partial charge in [-0.2, -0.15) is 0 Å². The number of rotatable bonds is 2. The van der Waals surface area contributed by atoms with Gasteiger partial charge in [-0.3, -0.25) is 20.4 Å². The molecule has 0 saturated heterocycles. The highest BCUT2D eigenvalue weighted by Crippen LogP contribution is 2.22. The van der Waals surface area contributed by atoms with Crippen LogP contribution in [0.2, 0.25) is 5.02 Å². The van der Waals surface area contributed by atoms with E-state index in [1.807, 2.05) is 13.8 Å². The van der Waals surface area contributed by atoms with Gasteiger partial charge in [0.05, 0.1) is 11.1 Å². The van der Waals surface area contributed by atoms with Crippen LogP contribution in [0.15, 0.2) is 24.3 Å². The normalized spacial score (nSPS) is 10.2. The van der Waals surface area contributed by atoms with Gasteiger partial charge in [0.25, 0.3) is 11.8 Å². The zero-order chi connectivity index (χ0) is 15.6. The van der Waals surface area contributed by atoms with Crippen molar-refractivity contribution in [2.45, 2.75) is 13.8 Å². The highest BCUT2D eigenvalue weighted by molar-refractivity contribution is 7.12. The lowest BCUT2D eigenvalue weighted by atomic mass is 10.2. The van der Waals surface area contributed by atoms with Gasteiger partial charge in [-0.25, -0.2) is 0 Å². The van der Waals surface area contributed by atoms with E-state index in [9.17, 15) is 14.7 Å². The van der Waals surface area contributed by atoms with Gasteiger partial charge in [-0.15, -0.1) is 11.3 Å². The molecule has 0 bridgehead atoms. The summed E-state index contributed by atoms with van der Waals surface area (Å²) in [6.45, 7) is 3.73. The average molecular weight is 325 g/mol. The minimum atomic E-state index is -0.645. The maximum atomic E-state index is 12.0. The highest BCUT2D eigenvalue weighted by Gasteiger charge is 2.15. The standard InChI is InChI=1S/C14H13ClN2O3S/c1-7-5-10(8(2)21-7)13(19)16-17-14(20)11-6-9(15)3-4-12(11)18/h3-6,18H,1-2H3,(H,16,19)(H,17,20). The van der Waals surface area contributed by atoms with Crippen molar-refractivity contribution < 1.29 is 14.7 Å². The molecule has 2 amide bonds. The molecule has 1 aromatic carbocycles. The third-order valence-corrected chi connectivity index (χ3v) is 3.98. The molecule has 7 heteroatoms. The Balaban J connectivity index is 2.06. The number of hydrogen-bond donors (Lipinski definition) is 3. The average Bonchev–Trinajstić information content (AvgIpc) is 2.77. The Hall–Kier alpha value is -2.05. The zero-order valence-electron chi connectivity index (χ0n) is 11.4. The molecule has 1 aromatic heterocycles. The summed E-state index contributed by atoms with van der Waals surface area (Å²) in [5.74, 6) is -1.27. The number of aryl methyl sites for hydroxylation is 2. The molecule has 2 rings (SSSR count). The molecule has 0 fully saturated rings. The van der Waals surface area contributed by atoms with Gasteiger partial charge in [-0.05, 0) is 38.1 Å². The second kappa shape index (κ2) is 6.15. The first-order valence-electron chi connectivity index (χ1n) is 6.04. The van der Waals surface area contributed by atoms with Gasteiger partial charge in [0.15, 0.2) is 0 Å². The minimum Gasteiger partial charge on any atom is -0.507 e. The third-order valence-electron chi connectivity index (χ3n) is 2.78. The number of halogens is 1. The number of carbonyl (C=O) groups excluding carboxylic acids is 2. The number of phenolic OH excluding ortho intramolecular Hbond substituents is 1. The lowest BCUT2D eigenvalue weighted by Crippen LogP contribution is -2.41. The van der Waals surface area contributed by atoms with Crippen molar-refractivity contribution in [3.63, 3.8) is 0 Å². The molecular weight excluding hydrogens is 312 g/mol. The van der Waals surface area contributed by atoms with E-state index in [1.165, 1.54) is 29.5 Å². The van der Waals surface area contributed by atoms with Crippen LogP contribution in [0.1, 0.15) is 30.5 Å². The van der Waals surface area contributed by atoms with Crippen molar-refractivity contribution in [2.24, 2.45) is 0 Å². The van der Waals surface area contributed by atoms with Gasteiger partial charge in [0.1, 0.15) is 5.75 Å². The quantitative estimate of drug-likeness (QED) is 0.743. The lowest BCUT2D eigenvalue weighted by molar-refractivity contribution is 0.0845. The van der Waals surface area contributed by atoms with E-state index in [-0.39, 0.29) is 11.3 Å². The summed E-state index contributed by atoms with van der Waals surface area (Å²) in [5, 5.41) is 9.92. The fraction of sp³-hybridized carbons (Fsp3) is 0.143.